The van der Waals surface area contributed by atoms with Gasteiger partial charge in [-0.3, -0.25) is 0 Å². The van der Waals surface area contributed by atoms with E-state index in [9.17, 15) is 0 Å². The maximum atomic E-state index is 5.87. The van der Waals surface area contributed by atoms with Gasteiger partial charge in [0.05, 0.1) is 16.8 Å². The molecule has 152 valence electrons. The van der Waals surface area contributed by atoms with Gasteiger partial charge >= 0.3 is 0 Å². The molecular formula is C21H45NO3. The first-order valence-electron chi connectivity index (χ1n) is 10.1. The zero-order chi connectivity index (χ0) is 19.6. The second kappa shape index (κ2) is 11.5. The highest BCUT2D eigenvalue weighted by molar-refractivity contribution is 4.77. The van der Waals surface area contributed by atoms with E-state index in [0.29, 0.717) is 0 Å². The molecule has 0 amide bonds. The largest absolute Gasteiger partial charge is 0.376 e. The molecule has 0 rings (SSSR count). The van der Waals surface area contributed by atoms with Crippen LogP contribution in [0.25, 0.3) is 0 Å². The molecule has 4 nitrogen and oxygen atoms in total. The summed E-state index contributed by atoms with van der Waals surface area (Å²) in [5, 5.41) is 0. The smallest absolute Gasteiger partial charge is 0.0638 e. The summed E-state index contributed by atoms with van der Waals surface area (Å²) < 4.78 is 17.6. The molecule has 0 spiro atoms. The van der Waals surface area contributed by atoms with Crippen LogP contribution in [0.5, 0.6) is 0 Å². The van der Waals surface area contributed by atoms with Gasteiger partial charge in [-0.2, -0.15) is 0 Å². The van der Waals surface area contributed by atoms with E-state index in [-0.39, 0.29) is 16.8 Å². The summed E-state index contributed by atoms with van der Waals surface area (Å²) in [5.74, 6) is 0. The Bertz CT molecular complexity index is 288. The van der Waals surface area contributed by atoms with Gasteiger partial charge in [0.15, 0.2) is 0 Å². The third-order valence-electron chi connectivity index (χ3n) is 4.70. The molecule has 0 heterocycles. The molecular weight excluding hydrogens is 314 g/mol. The maximum absolute atomic E-state index is 5.87. The molecule has 0 aliphatic carbocycles. The number of rotatable bonds is 15. The molecule has 0 saturated carbocycles. The third-order valence-corrected chi connectivity index (χ3v) is 4.70. The van der Waals surface area contributed by atoms with Crippen LogP contribution in [0.15, 0.2) is 0 Å². The highest BCUT2D eigenvalue weighted by Gasteiger charge is 2.24. The van der Waals surface area contributed by atoms with Crippen LogP contribution < -0.4 is 0 Å². The molecule has 0 saturated heterocycles. The minimum Gasteiger partial charge on any atom is -0.376 e. The van der Waals surface area contributed by atoms with Crippen LogP contribution in [0, 0.1) is 0 Å². The Labute approximate surface area is 157 Å². The van der Waals surface area contributed by atoms with Crippen molar-refractivity contribution in [3.63, 3.8) is 0 Å². The van der Waals surface area contributed by atoms with Crippen molar-refractivity contribution in [1.82, 2.24) is 4.90 Å². The Morgan fingerprint density at radius 2 is 0.760 bits per heavy atom. The predicted octanol–water partition coefficient (Wildman–Crippen LogP) is 4.90. The molecule has 0 bridgehead atoms. The van der Waals surface area contributed by atoms with Gasteiger partial charge in [-0.1, -0.05) is 0 Å². The highest BCUT2D eigenvalue weighted by atomic mass is 16.5. The van der Waals surface area contributed by atoms with Crippen molar-refractivity contribution >= 4 is 0 Å². The second-order valence-corrected chi connectivity index (χ2v) is 8.67. The van der Waals surface area contributed by atoms with Gasteiger partial charge in [0.1, 0.15) is 0 Å². The van der Waals surface area contributed by atoms with Gasteiger partial charge < -0.3 is 19.1 Å². The average molecular weight is 360 g/mol. The number of hydrogen-bond donors (Lipinski definition) is 0. The minimum absolute atomic E-state index is 0.0716. The second-order valence-electron chi connectivity index (χ2n) is 8.67. The monoisotopic (exact) mass is 359 g/mol. The van der Waals surface area contributed by atoms with Gasteiger partial charge in [0.25, 0.3) is 0 Å². The standard InChI is InChI=1S/C21H45NO3/c1-10-23-19(4,5)13-16-22(17-14-20(6,7)24-11-2)18-15-21(8,9)25-12-3/h10-18H2,1-9H3. The molecule has 0 unspecified atom stereocenters. The van der Waals surface area contributed by atoms with Crippen LogP contribution in [0.4, 0.5) is 0 Å². The van der Waals surface area contributed by atoms with E-state index >= 15 is 0 Å². The van der Waals surface area contributed by atoms with Crippen molar-refractivity contribution < 1.29 is 14.2 Å². The summed E-state index contributed by atoms with van der Waals surface area (Å²) in [6, 6.07) is 0. The minimum atomic E-state index is -0.0716. The maximum Gasteiger partial charge on any atom is 0.0638 e. The molecule has 0 aliphatic heterocycles. The van der Waals surface area contributed by atoms with E-state index in [1.165, 1.54) is 0 Å². The van der Waals surface area contributed by atoms with E-state index in [4.69, 9.17) is 14.2 Å². The van der Waals surface area contributed by atoms with Crippen LogP contribution in [-0.2, 0) is 14.2 Å². The Hall–Kier alpha value is -0.160. The van der Waals surface area contributed by atoms with Crippen LogP contribution >= 0.6 is 0 Å². The van der Waals surface area contributed by atoms with E-state index in [0.717, 1.165) is 58.7 Å². The Morgan fingerprint density at radius 1 is 0.520 bits per heavy atom. The number of hydrogen-bond acceptors (Lipinski definition) is 4. The lowest BCUT2D eigenvalue weighted by Crippen LogP contribution is -2.39. The Morgan fingerprint density at radius 3 is 0.960 bits per heavy atom. The normalized spacial score (nSPS) is 13.7. The van der Waals surface area contributed by atoms with Crippen molar-refractivity contribution in [3.8, 4) is 0 Å². The summed E-state index contributed by atoms with van der Waals surface area (Å²) in [6.07, 6.45) is 3.10. The molecule has 0 aliphatic rings. The van der Waals surface area contributed by atoms with Crippen molar-refractivity contribution in [2.24, 2.45) is 0 Å². The molecule has 25 heavy (non-hydrogen) atoms. The van der Waals surface area contributed by atoms with Gasteiger partial charge in [0, 0.05) is 39.5 Å². The molecule has 0 aromatic carbocycles. The lowest BCUT2D eigenvalue weighted by atomic mass is 10.0. The van der Waals surface area contributed by atoms with Crippen molar-refractivity contribution in [2.75, 3.05) is 39.5 Å². The first-order valence-corrected chi connectivity index (χ1v) is 10.1. The zero-order valence-corrected chi connectivity index (χ0v) is 18.5. The fraction of sp³-hybridized carbons (Fsp3) is 1.00. The lowest BCUT2D eigenvalue weighted by Gasteiger charge is -2.34. The zero-order valence-electron chi connectivity index (χ0n) is 18.5. The fourth-order valence-electron chi connectivity index (χ4n) is 3.01. The van der Waals surface area contributed by atoms with E-state index in [1.807, 2.05) is 0 Å². The first kappa shape index (κ1) is 24.8. The first-order chi connectivity index (χ1) is 11.5. The van der Waals surface area contributed by atoms with Crippen LogP contribution in [0.1, 0.15) is 81.6 Å². The third kappa shape index (κ3) is 12.8. The van der Waals surface area contributed by atoms with Gasteiger partial charge in [-0.15, -0.1) is 0 Å². The van der Waals surface area contributed by atoms with Crippen LogP contribution in [0.2, 0.25) is 0 Å². The van der Waals surface area contributed by atoms with Crippen molar-refractivity contribution in [3.05, 3.63) is 0 Å². The van der Waals surface area contributed by atoms with Gasteiger partial charge in [0.2, 0.25) is 0 Å². The average Bonchev–Trinajstić information content (AvgIpc) is 2.46. The Kier molecular flexibility index (Phi) is 11.5. The SMILES string of the molecule is CCOC(C)(C)CCN(CCC(C)(C)OCC)CCC(C)(C)OCC. The number of ether oxygens (including phenoxy) is 3. The molecule has 0 fully saturated rings. The van der Waals surface area contributed by atoms with E-state index in [2.05, 4.69) is 67.2 Å². The van der Waals surface area contributed by atoms with Gasteiger partial charge in [-0.05, 0) is 81.6 Å². The van der Waals surface area contributed by atoms with Crippen molar-refractivity contribution in [1.29, 1.82) is 0 Å². The molecule has 0 atom stereocenters. The number of nitrogens with zero attached hydrogens (tertiary/aromatic N) is 1. The highest BCUT2D eigenvalue weighted by Crippen LogP contribution is 2.20. The van der Waals surface area contributed by atoms with Crippen molar-refractivity contribution in [2.45, 2.75) is 98.4 Å². The van der Waals surface area contributed by atoms with Crippen LogP contribution in [-0.4, -0.2) is 61.2 Å². The summed E-state index contributed by atoms with van der Waals surface area (Å²) in [4.78, 5) is 2.54. The Balaban J connectivity index is 4.69. The van der Waals surface area contributed by atoms with E-state index in [1.54, 1.807) is 0 Å². The molecule has 0 radical (unpaired) electrons. The topological polar surface area (TPSA) is 30.9 Å². The summed E-state index contributed by atoms with van der Waals surface area (Å²) in [5.41, 5.74) is -0.215. The predicted molar refractivity (Wildman–Crippen MR) is 107 cm³/mol. The lowest BCUT2D eigenvalue weighted by molar-refractivity contribution is -0.0410. The van der Waals surface area contributed by atoms with Crippen LogP contribution in [0.3, 0.4) is 0 Å². The van der Waals surface area contributed by atoms with E-state index < -0.39 is 0 Å². The summed E-state index contributed by atoms with van der Waals surface area (Å²) in [7, 11) is 0. The summed E-state index contributed by atoms with van der Waals surface area (Å²) in [6.45, 7) is 24.7. The fourth-order valence-corrected chi connectivity index (χ4v) is 3.01. The molecule has 0 N–H and O–H groups in total. The molecule has 0 aromatic rings. The molecule has 0 aromatic heterocycles. The molecule has 4 heteroatoms. The quantitative estimate of drug-likeness (QED) is 0.416. The summed E-state index contributed by atoms with van der Waals surface area (Å²) >= 11 is 0. The van der Waals surface area contributed by atoms with Gasteiger partial charge in [-0.25, -0.2) is 0 Å².